The van der Waals surface area contributed by atoms with Crippen molar-refractivity contribution >= 4 is 41.1 Å². The van der Waals surface area contributed by atoms with Gasteiger partial charge in [-0.3, -0.25) is 0 Å². The van der Waals surface area contributed by atoms with Crippen molar-refractivity contribution in [3.8, 4) is 11.3 Å². The standard InChI is InChI=1S/C18H12ClNO2S/c19-14-9-5-4-6-12(14)10-11-15-20-16(17(23-15)18(21)22)13-7-2-1-3-8-13/h1-11H,(H,21,22)/p-1/b11-10+. The number of carbonyl (C=O) groups is 1. The first-order valence-corrected chi connectivity index (χ1v) is 8.05. The molecule has 0 aliphatic carbocycles. The maximum atomic E-state index is 11.4. The molecule has 0 fully saturated rings. The van der Waals surface area contributed by atoms with Crippen LogP contribution >= 0.6 is 22.9 Å². The van der Waals surface area contributed by atoms with Gasteiger partial charge in [-0.1, -0.05) is 66.2 Å². The number of thiazole rings is 1. The fourth-order valence-electron chi connectivity index (χ4n) is 2.11. The monoisotopic (exact) mass is 340 g/mol. The maximum Gasteiger partial charge on any atom is 0.117 e. The third kappa shape index (κ3) is 3.50. The SMILES string of the molecule is O=C([O-])c1sc(/C=C/c2ccccc2Cl)nc1-c1ccccc1. The van der Waals surface area contributed by atoms with Gasteiger partial charge in [0.2, 0.25) is 0 Å². The van der Waals surface area contributed by atoms with Crippen molar-refractivity contribution in [1.82, 2.24) is 4.98 Å². The first kappa shape index (κ1) is 15.5. The normalized spacial score (nSPS) is 11.0. The molecule has 3 rings (SSSR count). The van der Waals surface area contributed by atoms with Crippen molar-refractivity contribution < 1.29 is 9.90 Å². The third-order valence-electron chi connectivity index (χ3n) is 3.19. The molecule has 1 heterocycles. The van der Waals surface area contributed by atoms with Crippen molar-refractivity contribution in [2.75, 3.05) is 0 Å². The van der Waals surface area contributed by atoms with Crippen LogP contribution in [-0.2, 0) is 0 Å². The van der Waals surface area contributed by atoms with Gasteiger partial charge in [-0.05, 0) is 17.7 Å². The average Bonchev–Trinajstić information content (AvgIpc) is 2.99. The van der Waals surface area contributed by atoms with Gasteiger partial charge in [-0.25, -0.2) is 4.98 Å². The molecule has 0 aliphatic heterocycles. The molecule has 2 aromatic carbocycles. The van der Waals surface area contributed by atoms with E-state index in [9.17, 15) is 9.90 Å². The topological polar surface area (TPSA) is 53.0 Å². The molecule has 5 heteroatoms. The number of nitrogens with zero attached hydrogens (tertiary/aromatic N) is 1. The van der Waals surface area contributed by atoms with Crippen molar-refractivity contribution in [2.24, 2.45) is 0 Å². The Morgan fingerprint density at radius 1 is 1.04 bits per heavy atom. The summed E-state index contributed by atoms with van der Waals surface area (Å²) in [5.74, 6) is -1.22. The molecule has 0 saturated carbocycles. The van der Waals surface area contributed by atoms with E-state index in [1.54, 1.807) is 12.1 Å². The van der Waals surface area contributed by atoms with E-state index in [0.29, 0.717) is 15.7 Å². The van der Waals surface area contributed by atoms with Crippen molar-refractivity contribution in [3.05, 3.63) is 75.1 Å². The Labute approximate surface area is 142 Å². The first-order chi connectivity index (χ1) is 11.1. The van der Waals surface area contributed by atoms with Crippen LogP contribution in [0, 0.1) is 0 Å². The number of rotatable bonds is 4. The fraction of sp³-hybridized carbons (Fsp3) is 0. The minimum Gasteiger partial charge on any atom is -0.544 e. The molecule has 0 bridgehead atoms. The van der Waals surface area contributed by atoms with E-state index in [2.05, 4.69) is 4.98 Å². The predicted octanol–water partition coefficient (Wildman–Crippen LogP) is 4.00. The summed E-state index contributed by atoms with van der Waals surface area (Å²) in [6.07, 6.45) is 3.57. The van der Waals surface area contributed by atoms with E-state index in [4.69, 9.17) is 11.6 Å². The molecular formula is C18H11ClNO2S-. The van der Waals surface area contributed by atoms with Crippen LogP contribution in [0.5, 0.6) is 0 Å². The van der Waals surface area contributed by atoms with E-state index in [1.807, 2.05) is 54.6 Å². The summed E-state index contributed by atoms with van der Waals surface area (Å²) in [5.41, 5.74) is 2.02. The number of carboxylic acids is 1. The Hall–Kier alpha value is -2.43. The molecule has 114 valence electrons. The molecular weight excluding hydrogens is 330 g/mol. The summed E-state index contributed by atoms with van der Waals surface area (Å²) in [5, 5.41) is 12.6. The summed E-state index contributed by atoms with van der Waals surface area (Å²) in [7, 11) is 0. The second kappa shape index (κ2) is 6.77. The summed E-state index contributed by atoms with van der Waals surface area (Å²) in [4.78, 5) is 15.9. The molecule has 0 N–H and O–H groups in total. The van der Waals surface area contributed by atoms with E-state index in [-0.39, 0.29) is 4.88 Å². The molecule has 0 unspecified atom stereocenters. The molecule has 0 saturated heterocycles. The molecule has 1 aromatic heterocycles. The Bertz CT molecular complexity index is 872. The Morgan fingerprint density at radius 2 is 1.74 bits per heavy atom. The zero-order valence-corrected chi connectivity index (χ0v) is 13.5. The highest BCUT2D eigenvalue weighted by Crippen LogP contribution is 2.29. The van der Waals surface area contributed by atoms with Crippen LogP contribution in [0.3, 0.4) is 0 Å². The molecule has 0 aliphatic rings. The lowest BCUT2D eigenvalue weighted by Crippen LogP contribution is -2.21. The number of aromatic nitrogens is 1. The molecule has 3 aromatic rings. The van der Waals surface area contributed by atoms with Crippen LogP contribution in [0.2, 0.25) is 5.02 Å². The lowest BCUT2D eigenvalue weighted by Gasteiger charge is -2.01. The van der Waals surface area contributed by atoms with Gasteiger partial charge >= 0.3 is 0 Å². The number of carboxylic acid groups (broad SMARTS) is 1. The zero-order chi connectivity index (χ0) is 16.2. The van der Waals surface area contributed by atoms with E-state index in [1.165, 1.54) is 0 Å². The second-order valence-corrected chi connectivity index (χ2v) is 6.18. The molecule has 3 nitrogen and oxygen atoms in total. The molecule has 0 atom stereocenters. The minimum absolute atomic E-state index is 0.120. The zero-order valence-electron chi connectivity index (χ0n) is 11.9. The molecule has 0 spiro atoms. The van der Waals surface area contributed by atoms with E-state index in [0.717, 1.165) is 22.5 Å². The highest BCUT2D eigenvalue weighted by molar-refractivity contribution is 7.14. The second-order valence-electron chi connectivity index (χ2n) is 4.74. The highest BCUT2D eigenvalue weighted by Gasteiger charge is 2.12. The van der Waals surface area contributed by atoms with Crippen molar-refractivity contribution in [2.45, 2.75) is 0 Å². The van der Waals surface area contributed by atoms with Gasteiger partial charge in [-0.15, -0.1) is 11.3 Å². The smallest absolute Gasteiger partial charge is 0.117 e. The van der Waals surface area contributed by atoms with Crippen LogP contribution in [0.15, 0.2) is 54.6 Å². The van der Waals surface area contributed by atoms with Gasteiger partial charge in [-0.2, -0.15) is 0 Å². The van der Waals surface area contributed by atoms with Gasteiger partial charge in [0.05, 0.1) is 16.5 Å². The van der Waals surface area contributed by atoms with E-state index >= 15 is 0 Å². The van der Waals surface area contributed by atoms with Gasteiger partial charge in [0, 0.05) is 10.6 Å². The van der Waals surface area contributed by atoms with Crippen LogP contribution in [0.1, 0.15) is 20.2 Å². The lowest BCUT2D eigenvalue weighted by atomic mass is 10.1. The summed E-state index contributed by atoms with van der Waals surface area (Å²) < 4.78 is 0. The third-order valence-corrected chi connectivity index (χ3v) is 4.53. The first-order valence-electron chi connectivity index (χ1n) is 6.85. The molecule has 0 radical (unpaired) electrons. The Morgan fingerprint density at radius 3 is 2.43 bits per heavy atom. The van der Waals surface area contributed by atoms with E-state index < -0.39 is 5.97 Å². The molecule has 23 heavy (non-hydrogen) atoms. The van der Waals surface area contributed by atoms with Crippen molar-refractivity contribution in [3.63, 3.8) is 0 Å². The average molecular weight is 341 g/mol. The Kier molecular flexibility index (Phi) is 4.55. The van der Waals surface area contributed by atoms with Gasteiger partial charge in [0.15, 0.2) is 0 Å². The maximum absolute atomic E-state index is 11.4. The minimum atomic E-state index is -1.22. The number of hydrogen-bond acceptors (Lipinski definition) is 4. The number of benzene rings is 2. The van der Waals surface area contributed by atoms with Crippen LogP contribution in [0.25, 0.3) is 23.4 Å². The van der Waals surface area contributed by atoms with Gasteiger partial charge in [0.25, 0.3) is 0 Å². The number of aromatic carboxylic acids is 1. The lowest BCUT2D eigenvalue weighted by molar-refractivity contribution is -0.254. The quantitative estimate of drug-likeness (QED) is 0.721. The van der Waals surface area contributed by atoms with Crippen LogP contribution in [0.4, 0.5) is 0 Å². The van der Waals surface area contributed by atoms with Crippen molar-refractivity contribution in [1.29, 1.82) is 0 Å². The van der Waals surface area contributed by atoms with Crippen LogP contribution < -0.4 is 5.11 Å². The van der Waals surface area contributed by atoms with Gasteiger partial charge < -0.3 is 9.90 Å². The number of halogens is 1. The molecule has 0 amide bonds. The predicted molar refractivity (Wildman–Crippen MR) is 92.3 cm³/mol. The van der Waals surface area contributed by atoms with Crippen LogP contribution in [-0.4, -0.2) is 11.0 Å². The highest BCUT2D eigenvalue weighted by atomic mass is 35.5. The Balaban J connectivity index is 1.99. The summed E-state index contributed by atoms with van der Waals surface area (Å²) in [6.45, 7) is 0. The summed E-state index contributed by atoms with van der Waals surface area (Å²) >= 11 is 7.19. The van der Waals surface area contributed by atoms with Gasteiger partial charge in [0.1, 0.15) is 5.01 Å². The fourth-order valence-corrected chi connectivity index (χ4v) is 3.13. The number of carbonyl (C=O) groups excluding carboxylic acids is 1. The summed E-state index contributed by atoms with van der Waals surface area (Å²) in [6, 6.07) is 16.6. The largest absolute Gasteiger partial charge is 0.544 e. The number of hydrogen-bond donors (Lipinski definition) is 0.